The molecule has 8 N–H and O–H groups in total. The Kier molecular flexibility index (Phi) is 21.2. The molecule has 8 fully saturated rings. The number of aliphatic hydroxyl groups is 8. The van der Waals surface area contributed by atoms with Crippen LogP contribution in [0.2, 0.25) is 0 Å². The third-order valence-electron chi connectivity index (χ3n) is 21.8. The third kappa shape index (κ3) is 12.5. The van der Waals surface area contributed by atoms with E-state index in [1.54, 1.807) is 41.1 Å². The van der Waals surface area contributed by atoms with E-state index in [4.69, 9.17) is 71.1 Å². The fourth-order valence-electron chi connectivity index (χ4n) is 16.5. The highest BCUT2D eigenvalue weighted by Crippen LogP contribution is 2.71. The molecule has 5 aliphatic heterocycles. The van der Waals surface area contributed by atoms with E-state index in [0.717, 1.165) is 11.1 Å². The normalized spacial score (nSPS) is 49.3. The van der Waals surface area contributed by atoms with Gasteiger partial charge in [0.05, 0.1) is 60.9 Å². The second-order valence-electron chi connectivity index (χ2n) is 26.6. The van der Waals surface area contributed by atoms with Crippen molar-refractivity contribution in [2.45, 2.75) is 277 Å². The standard InChI is InChI=1S/C64H96O25/c1-31-53(86-47-27-40(76-9)54(32(2)80-47)87-48-28-41(77-10)55(33(3)81-48)88-59-52(71)57(78-11)56(34(4)82-59)89-58-51(70)50(69)49(68)42(30-65)84-58)39(75-8)26-46(79-31)83-38-20-21-60(6)37(25-38)19-22-63(73)43(60)29-44(85-45(67)18-17-36-15-13-12-14-16-36)61(7)62(72,35(5)66)23-24-64(61,63)74/h12-19,31-34,38-44,46-59,65,68-74H,20-30H2,1-11H3/b18-17-/t31-,32-,33-,34-,38+,39+,40+,41+,42-,43-,44-,46+,47+,48+,49-,50+,51-,52-,53-,54-,55-,56-,57+,58+,59+,60+,61-,62-,63+,64-/m1/s1. The zero-order chi connectivity index (χ0) is 64.3. The molecular formula is C64H96O25. The van der Waals surface area contributed by atoms with Crippen LogP contribution in [0.4, 0.5) is 0 Å². The first-order valence-corrected chi connectivity index (χ1v) is 31.5. The number of carbonyl (C=O) groups excluding carboxylic acids is 2. The van der Waals surface area contributed by atoms with Gasteiger partial charge in [-0.25, -0.2) is 4.79 Å². The van der Waals surface area contributed by atoms with E-state index in [0.29, 0.717) is 32.1 Å². The SMILES string of the molecule is CO[C@H]1[C@@H](O)[C@H](O[C@H]2[C@@H](OC)C[C@H](O[C@H]3[C@@H](OC)C[C@H](O[C@H]4[C@@H](OC)C[C@H](O[C@H]5CC[C@@]6(C)C(=CC[C@]7(O)[C@@H]6C[C@@H](OC(=O)/C=C\c6ccccc6)[C@@]6(C)[C@]7(O)CC[C@@]6(O)C(C)=O)C5)O[C@@H]4C)O[C@@H]3C)O[C@@H]2C)O[C@H](C)[C@H]1O[C@@H]1O[C@H](CO)[C@@H](O)[C@H](O)[C@H]1O. The summed E-state index contributed by atoms with van der Waals surface area (Å²) in [4.78, 5) is 27.0. The van der Waals surface area contributed by atoms with Crippen LogP contribution in [-0.4, -0.2) is 252 Å². The Bertz CT molecular complexity index is 2630. The van der Waals surface area contributed by atoms with E-state index in [-0.39, 0.29) is 38.2 Å². The van der Waals surface area contributed by atoms with Crippen LogP contribution < -0.4 is 0 Å². The molecule has 4 aliphatic carbocycles. The van der Waals surface area contributed by atoms with Gasteiger partial charge in [-0.1, -0.05) is 48.9 Å². The Morgan fingerprint density at radius 1 is 0.618 bits per heavy atom. The molecule has 1 aromatic carbocycles. The van der Waals surface area contributed by atoms with Crippen molar-refractivity contribution in [1.82, 2.24) is 0 Å². The molecule has 0 amide bonds. The summed E-state index contributed by atoms with van der Waals surface area (Å²) in [6.07, 6.45) is -14.7. The van der Waals surface area contributed by atoms with Gasteiger partial charge in [0.1, 0.15) is 83.9 Å². The molecule has 9 aliphatic rings. The van der Waals surface area contributed by atoms with Gasteiger partial charge in [0, 0.05) is 59.7 Å². The van der Waals surface area contributed by atoms with Crippen molar-refractivity contribution in [3.8, 4) is 0 Å². The van der Waals surface area contributed by atoms with Gasteiger partial charge in [-0.15, -0.1) is 0 Å². The Hall–Kier alpha value is -3.04. The highest BCUT2D eigenvalue weighted by atomic mass is 16.8. The molecule has 5 heterocycles. The number of aliphatic hydroxyl groups excluding tert-OH is 5. The number of benzene rings is 1. The Balaban J connectivity index is 0.728. The summed E-state index contributed by atoms with van der Waals surface area (Å²) in [5.41, 5.74) is -6.41. The first kappa shape index (κ1) is 68.8. The molecule has 0 aromatic heterocycles. The number of Topliss-reactive ketones (excluding diaryl/α,β-unsaturated/α-hetero) is 1. The predicted molar refractivity (Wildman–Crippen MR) is 310 cm³/mol. The number of methoxy groups -OCH3 is 4. The van der Waals surface area contributed by atoms with Crippen LogP contribution in [-0.2, 0) is 80.6 Å². The molecule has 0 bridgehead atoms. The quantitative estimate of drug-likeness (QED) is 0.0558. The van der Waals surface area contributed by atoms with E-state index < -0.39 is 193 Å². The first-order valence-electron chi connectivity index (χ1n) is 31.5. The van der Waals surface area contributed by atoms with Crippen molar-refractivity contribution in [3.63, 3.8) is 0 Å². The van der Waals surface area contributed by atoms with Crippen LogP contribution >= 0.6 is 0 Å². The lowest BCUT2D eigenvalue weighted by Gasteiger charge is -2.67. The number of rotatable bonds is 19. The summed E-state index contributed by atoms with van der Waals surface area (Å²) in [5.74, 6) is -1.86. The van der Waals surface area contributed by atoms with Crippen LogP contribution in [0.1, 0.15) is 118 Å². The smallest absolute Gasteiger partial charge is 0.331 e. The molecule has 0 spiro atoms. The summed E-state index contributed by atoms with van der Waals surface area (Å²) in [6, 6.07) is 9.25. The fraction of sp³-hybridized carbons (Fsp3) is 0.812. The van der Waals surface area contributed by atoms with Crippen LogP contribution in [0.5, 0.6) is 0 Å². The molecular weight excluding hydrogens is 1170 g/mol. The third-order valence-corrected chi connectivity index (χ3v) is 21.8. The maximum absolute atomic E-state index is 13.7. The van der Waals surface area contributed by atoms with E-state index in [9.17, 15) is 50.4 Å². The van der Waals surface area contributed by atoms with E-state index in [1.807, 2.05) is 50.3 Å². The molecule has 10 rings (SSSR count). The van der Waals surface area contributed by atoms with Gasteiger partial charge in [-0.2, -0.15) is 0 Å². The average molecular weight is 1270 g/mol. The minimum atomic E-state index is -2.07. The number of hydrogen-bond acceptors (Lipinski definition) is 25. The lowest BCUT2D eigenvalue weighted by molar-refractivity contribution is -0.374. The Morgan fingerprint density at radius 3 is 1.71 bits per heavy atom. The maximum Gasteiger partial charge on any atom is 0.331 e. The number of carbonyl (C=O) groups is 2. The summed E-state index contributed by atoms with van der Waals surface area (Å²) in [6.45, 7) is 11.5. The molecule has 502 valence electrons. The number of esters is 1. The molecule has 25 heteroatoms. The monoisotopic (exact) mass is 1260 g/mol. The van der Waals surface area contributed by atoms with Crippen LogP contribution in [0, 0.1) is 16.7 Å². The molecule has 3 saturated carbocycles. The maximum atomic E-state index is 13.7. The predicted octanol–water partition coefficient (Wildman–Crippen LogP) is 2.03. The lowest BCUT2D eigenvalue weighted by atomic mass is 9.42. The zero-order valence-corrected chi connectivity index (χ0v) is 52.8. The summed E-state index contributed by atoms with van der Waals surface area (Å²) >= 11 is 0. The lowest BCUT2D eigenvalue weighted by Crippen LogP contribution is -2.78. The molecule has 0 radical (unpaired) electrons. The van der Waals surface area contributed by atoms with Crippen LogP contribution in [0.25, 0.3) is 6.08 Å². The molecule has 5 saturated heterocycles. The van der Waals surface area contributed by atoms with Crippen LogP contribution in [0.15, 0.2) is 48.1 Å². The molecule has 1 aromatic rings. The Labute approximate surface area is 520 Å². The van der Waals surface area contributed by atoms with Gasteiger partial charge in [0.15, 0.2) is 37.2 Å². The highest BCUT2D eigenvalue weighted by molar-refractivity contribution is 5.89. The van der Waals surface area contributed by atoms with Gasteiger partial charge in [-0.3, -0.25) is 4.79 Å². The van der Waals surface area contributed by atoms with Crippen molar-refractivity contribution >= 4 is 17.8 Å². The van der Waals surface area contributed by atoms with Gasteiger partial charge in [0.25, 0.3) is 0 Å². The molecule has 0 unspecified atom stereocenters. The van der Waals surface area contributed by atoms with Crippen LogP contribution in [0.3, 0.4) is 0 Å². The van der Waals surface area contributed by atoms with Gasteiger partial charge in [0.2, 0.25) is 0 Å². The number of fused-ring (bicyclic) bond motifs is 5. The number of ketones is 1. The molecule has 25 nitrogen and oxygen atoms in total. The molecule has 89 heavy (non-hydrogen) atoms. The van der Waals surface area contributed by atoms with E-state index in [2.05, 4.69) is 6.92 Å². The van der Waals surface area contributed by atoms with Gasteiger partial charge < -0.3 is 112 Å². The number of hydrogen-bond donors (Lipinski definition) is 8. The minimum Gasteiger partial charge on any atom is -0.458 e. The van der Waals surface area contributed by atoms with E-state index in [1.165, 1.54) is 27.2 Å². The molecule has 30 atom stereocenters. The van der Waals surface area contributed by atoms with Crippen molar-refractivity contribution in [3.05, 3.63) is 53.6 Å². The van der Waals surface area contributed by atoms with Gasteiger partial charge >= 0.3 is 5.97 Å². The Morgan fingerprint density at radius 2 is 1.16 bits per heavy atom. The van der Waals surface area contributed by atoms with E-state index >= 15 is 0 Å². The fourth-order valence-corrected chi connectivity index (χ4v) is 16.5. The first-order chi connectivity index (χ1) is 42.2. The summed E-state index contributed by atoms with van der Waals surface area (Å²) < 4.78 is 93.6. The second-order valence-corrected chi connectivity index (χ2v) is 26.6. The average Bonchev–Trinajstić information content (AvgIpc) is 1.61. The van der Waals surface area contributed by atoms with Gasteiger partial charge in [-0.05, 0) is 104 Å². The highest BCUT2D eigenvalue weighted by Gasteiger charge is 2.81. The summed E-state index contributed by atoms with van der Waals surface area (Å²) in [7, 11) is 6.10. The van der Waals surface area contributed by atoms with Crippen molar-refractivity contribution in [2.75, 3.05) is 35.0 Å². The number of ether oxygens (including phenoxy) is 15. The van der Waals surface area contributed by atoms with Crippen molar-refractivity contribution in [2.24, 2.45) is 16.7 Å². The summed E-state index contributed by atoms with van der Waals surface area (Å²) in [5, 5.41) is 90.7. The topological polar surface area (TPSA) is 334 Å². The minimum absolute atomic E-state index is 0.0602. The zero-order valence-electron chi connectivity index (χ0n) is 52.8. The van der Waals surface area contributed by atoms with Crippen molar-refractivity contribution in [1.29, 1.82) is 0 Å². The van der Waals surface area contributed by atoms with Crippen molar-refractivity contribution < 1.29 is 121 Å². The second kappa shape index (κ2) is 27.4. The largest absolute Gasteiger partial charge is 0.458 e.